The van der Waals surface area contributed by atoms with Gasteiger partial charge in [0.1, 0.15) is 24.4 Å². The molecule has 6 atom stereocenters. The van der Waals surface area contributed by atoms with Gasteiger partial charge in [-0.15, -0.1) is 6.58 Å². The molecule has 22 heavy (non-hydrogen) atoms. The summed E-state index contributed by atoms with van der Waals surface area (Å²) >= 11 is 0. The average molecular weight is 316 g/mol. The summed E-state index contributed by atoms with van der Waals surface area (Å²) in [7, 11) is 0. The zero-order chi connectivity index (χ0) is 16.9. The molecule has 1 heterocycles. The summed E-state index contributed by atoms with van der Waals surface area (Å²) in [5.74, 6) is 0. The van der Waals surface area contributed by atoms with Gasteiger partial charge in [-0.2, -0.15) is 0 Å². The summed E-state index contributed by atoms with van der Waals surface area (Å²) in [6.45, 7) is 9.08. The highest BCUT2D eigenvalue weighted by molar-refractivity contribution is 5.00. The first-order valence-electron chi connectivity index (χ1n) is 7.49. The molecule has 0 bridgehead atoms. The molecule has 6 nitrogen and oxygen atoms in total. The summed E-state index contributed by atoms with van der Waals surface area (Å²) in [4.78, 5) is 0. The SMILES string of the molecule is C=CC(C)(CCC=C(C)C)O[C@H]1O[C@H](CO)[C@@H](O)[C@H](O)[C@H]1O. The molecule has 4 N–H and O–H groups in total. The number of hydrogen-bond donors (Lipinski definition) is 4. The van der Waals surface area contributed by atoms with Crippen molar-refractivity contribution in [1.29, 1.82) is 0 Å². The van der Waals surface area contributed by atoms with Gasteiger partial charge in [0.15, 0.2) is 6.29 Å². The third-order valence-corrected chi connectivity index (χ3v) is 3.86. The van der Waals surface area contributed by atoms with Crippen LogP contribution in [0, 0.1) is 0 Å². The van der Waals surface area contributed by atoms with E-state index in [0.717, 1.165) is 6.42 Å². The predicted molar refractivity (Wildman–Crippen MR) is 82.1 cm³/mol. The Bertz CT molecular complexity index is 390. The van der Waals surface area contributed by atoms with Crippen molar-refractivity contribution in [2.45, 2.75) is 69.9 Å². The lowest BCUT2D eigenvalue weighted by atomic mass is 9.96. The topological polar surface area (TPSA) is 99.4 Å². The van der Waals surface area contributed by atoms with Crippen molar-refractivity contribution >= 4 is 0 Å². The van der Waals surface area contributed by atoms with Gasteiger partial charge in [0, 0.05) is 0 Å². The highest BCUT2D eigenvalue weighted by Gasteiger charge is 2.45. The van der Waals surface area contributed by atoms with E-state index in [1.807, 2.05) is 13.8 Å². The molecule has 0 aliphatic carbocycles. The van der Waals surface area contributed by atoms with Gasteiger partial charge in [-0.25, -0.2) is 0 Å². The Morgan fingerprint density at radius 2 is 1.86 bits per heavy atom. The van der Waals surface area contributed by atoms with Gasteiger partial charge in [0.05, 0.1) is 12.2 Å². The van der Waals surface area contributed by atoms with E-state index < -0.39 is 42.9 Å². The van der Waals surface area contributed by atoms with E-state index >= 15 is 0 Å². The van der Waals surface area contributed by atoms with Crippen molar-refractivity contribution in [1.82, 2.24) is 0 Å². The molecule has 128 valence electrons. The van der Waals surface area contributed by atoms with Gasteiger partial charge in [-0.1, -0.05) is 17.7 Å². The van der Waals surface area contributed by atoms with E-state index in [4.69, 9.17) is 9.47 Å². The van der Waals surface area contributed by atoms with Crippen LogP contribution in [-0.4, -0.2) is 63.3 Å². The average Bonchev–Trinajstić information content (AvgIpc) is 2.47. The maximum atomic E-state index is 10.0. The molecular weight excluding hydrogens is 288 g/mol. The third-order valence-electron chi connectivity index (χ3n) is 3.86. The lowest BCUT2D eigenvalue weighted by Gasteiger charge is -2.42. The third kappa shape index (κ3) is 4.87. The molecule has 1 aliphatic rings. The van der Waals surface area contributed by atoms with Crippen LogP contribution < -0.4 is 0 Å². The molecule has 1 aliphatic heterocycles. The molecule has 1 unspecified atom stereocenters. The van der Waals surface area contributed by atoms with Gasteiger partial charge in [0.2, 0.25) is 0 Å². The Hall–Kier alpha value is -0.760. The van der Waals surface area contributed by atoms with Crippen LogP contribution in [0.5, 0.6) is 0 Å². The molecule has 0 radical (unpaired) electrons. The number of rotatable bonds is 7. The highest BCUT2D eigenvalue weighted by Crippen LogP contribution is 2.29. The lowest BCUT2D eigenvalue weighted by Crippen LogP contribution is -2.60. The first kappa shape index (κ1) is 19.3. The Morgan fingerprint density at radius 3 is 2.36 bits per heavy atom. The molecule has 0 spiro atoms. The van der Waals surface area contributed by atoms with E-state index in [0.29, 0.717) is 6.42 Å². The summed E-state index contributed by atoms with van der Waals surface area (Å²) in [5, 5.41) is 38.7. The maximum Gasteiger partial charge on any atom is 0.187 e. The number of aliphatic hydroxyl groups excluding tert-OH is 4. The van der Waals surface area contributed by atoms with Crippen molar-refractivity contribution in [3.63, 3.8) is 0 Å². The molecule has 0 amide bonds. The first-order valence-corrected chi connectivity index (χ1v) is 7.49. The summed E-state index contributed by atoms with van der Waals surface area (Å²) in [5.41, 5.74) is 0.429. The maximum absolute atomic E-state index is 10.0. The fraction of sp³-hybridized carbons (Fsp3) is 0.750. The van der Waals surface area contributed by atoms with E-state index in [2.05, 4.69) is 12.7 Å². The molecule has 0 aromatic carbocycles. The van der Waals surface area contributed by atoms with Crippen molar-refractivity contribution in [3.05, 3.63) is 24.3 Å². The molecule has 1 saturated heterocycles. The minimum absolute atomic E-state index is 0.479. The number of allylic oxidation sites excluding steroid dienone is 2. The van der Waals surface area contributed by atoms with Crippen LogP contribution in [0.15, 0.2) is 24.3 Å². The fourth-order valence-corrected chi connectivity index (χ4v) is 2.29. The molecular formula is C16H28O6. The summed E-state index contributed by atoms with van der Waals surface area (Å²) < 4.78 is 11.1. The van der Waals surface area contributed by atoms with Gasteiger partial charge in [-0.3, -0.25) is 0 Å². The van der Waals surface area contributed by atoms with Crippen LogP contribution >= 0.6 is 0 Å². The normalized spacial score (nSPS) is 34.8. The quantitative estimate of drug-likeness (QED) is 0.510. The van der Waals surface area contributed by atoms with E-state index in [9.17, 15) is 20.4 Å². The summed E-state index contributed by atoms with van der Waals surface area (Å²) in [6.07, 6.45) is -1.28. The van der Waals surface area contributed by atoms with Crippen LogP contribution in [0.25, 0.3) is 0 Å². The first-order chi connectivity index (χ1) is 10.2. The van der Waals surface area contributed by atoms with E-state index in [-0.39, 0.29) is 0 Å². The predicted octanol–water partition coefficient (Wildman–Crippen LogP) is 0.494. The Morgan fingerprint density at radius 1 is 1.23 bits per heavy atom. The van der Waals surface area contributed by atoms with Crippen LogP contribution in [0.1, 0.15) is 33.6 Å². The fourth-order valence-electron chi connectivity index (χ4n) is 2.29. The van der Waals surface area contributed by atoms with Crippen molar-refractivity contribution in [2.24, 2.45) is 0 Å². The van der Waals surface area contributed by atoms with Gasteiger partial charge >= 0.3 is 0 Å². The van der Waals surface area contributed by atoms with Gasteiger partial charge in [-0.05, 0) is 33.6 Å². The molecule has 6 heteroatoms. The molecule has 1 fully saturated rings. The van der Waals surface area contributed by atoms with Crippen molar-refractivity contribution < 1.29 is 29.9 Å². The van der Waals surface area contributed by atoms with Crippen LogP contribution in [-0.2, 0) is 9.47 Å². The molecule has 0 aromatic heterocycles. The minimum atomic E-state index is -1.44. The van der Waals surface area contributed by atoms with Crippen LogP contribution in [0.3, 0.4) is 0 Å². The molecule has 0 saturated carbocycles. The Kier molecular flexibility index (Phi) is 7.18. The smallest absolute Gasteiger partial charge is 0.187 e. The molecule has 1 rings (SSSR count). The minimum Gasteiger partial charge on any atom is -0.394 e. The zero-order valence-corrected chi connectivity index (χ0v) is 13.5. The largest absolute Gasteiger partial charge is 0.394 e. The van der Waals surface area contributed by atoms with E-state index in [1.54, 1.807) is 13.0 Å². The second kappa shape index (κ2) is 8.19. The Balaban J connectivity index is 2.75. The second-order valence-corrected chi connectivity index (χ2v) is 6.15. The summed E-state index contributed by atoms with van der Waals surface area (Å²) in [6, 6.07) is 0. The Labute approximate surface area is 131 Å². The standard InChI is InChI=1S/C16H28O6/c1-5-16(4,8-6-7-10(2)3)22-15-14(20)13(19)12(18)11(9-17)21-15/h5,7,11-15,17-20H,1,6,8-9H2,2-4H3/t11-,12-,13+,14-,15-,16?/m1/s1. The molecule has 0 aromatic rings. The second-order valence-electron chi connectivity index (χ2n) is 6.15. The number of hydrogen-bond acceptors (Lipinski definition) is 6. The highest BCUT2D eigenvalue weighted by atomic mass is 16.7. The number of aliphatic hydroxyl groups is 4. The van der Waals surface area contributed by atoms with Crippen LogP contribution in [0.2, 0.25) is 0 Å². The van der Waals surface area contributed by atoms with Crippen molar-refractivity contribution in [2.75, 3.05) is 6.61 Å². The van der Waals surface area contributed by atoms with Crippen LogP contribution in [0.4, 0.5) is 0 Å². The number of ether oxygens (including phenoxy) is 2. The monoisotopic (exact) mass is 316 g/mol. The van der Waals surface area contributed by atoms with Crippen molar-refractivity contribution in [3.8, 4) is 0 Å². The van der Waals surface area contributed by atoms with Gasteiger partial charge in [0.25, 0.3) is 0 Å². The van der Waals surface area contributed by atoms with E-state index in [1.165, 1.54) is 5.57 Å². The zero-order valence-electron chi connectivity index (χ0n) is 13.5. The lowest BCUT2D eigenvalue weighted by molar-refractivity contribution is -0.319. The van der Waals surface area contributed by atoms with Gasteiger partial charge < -0.3 is 29.9 Å².